The number of carbonyl (C=O) groups excluding carboxylic acids is 2. The standard InChI is InChI=1S/C19H35NO5.Ca.2H/c1-2-3-4-5-6-7-8-9-10-11-12-13-17(21)25-18(22)15-14-16(20)19(23)24;;;/h16H,2-15,20H2,1H3,(H,23,24);;;/t16-;;;/m0.../s1. The second-order valence-corrected chi connectivity index (χ2v) is 6.62. The fourth-order valence-electron chi connectivity index (χ4n) is 2.56. The Morgan fingerprint density at radius 3 is 1.69 bits per heavy atom. The van der Waals surface area contributed by atoms with Crippen molar-refractivity contribution in [1.29, 1.82) is 0 Å². The van der Waals surface area contributed by atoms with Crippen molar-refractivity contribution < 1.29 is 24.2 Å². The van der Waals surface area contributed by atoms with Crippen LogP contribution >= 0.6 is 0 Å². The summed E-state index contributed by atoms with van der Waals surface area (Å²) in [6.45, 7) is 2.22. The number of unbranched alkanes of at least 4 members (excludes halogenated alkanes) is 10. The van der Waals surface area contributed by atoms with Gasteiger partial charge in [0.2, 0.25) is 0 Å². The number of ether oxygens (including phenoxy) is 1. The average molecular weight is 400 g/mol. The van der Waals surface area contributed by atoms with E-state index >= 15 is 0 Å². The third-order valence-electron chi connectivity index (χ3n) is 4.19. The number of nitrogens with two attached hydrogens (primary N) is 1. The van der Waals surface area contributed by atoms with Crippen molar-refractivity contribution in [3.8, 4) is 0 Å². The first kappa shape index (κ1) is 28.0. The van der Waals surface area contributed by atoms with E-state index in [0.29, 0.717) is 0 Å². The Balaban J connectivity index is 0. The predicted molar refractivity (Wildman–Crippen MR) is 106 cm³/mol. The van der Waals surface area contributed by atoms with Gasteiger partial charge in [0.15, 0.2) is 0 Å². The molecule has 3 N–H and O–H groups in total. The first-order valence-electron chi connectivity index (χ1n) is 9.69. The maximum atomic E-state index is 11.5. The van der Waals surface area contributed by atoms with Crippen LogP contribution < -0.4 is 5.73 Å². The minimum absolute atomic E-state index is 0. The zero-order chi connectivity index (χ0) is 18.9. The molecule has 0 aliphatic heterocycles. The van der Waals surface area contributed by atoms with E-state index < -0.39 is 23.9 Å². The van der Waals surface area contributed by atoms with Gasteiger partial charge in [-0.15, -0.1) is 0 Å². The molecule has 1 atom stereocenters. The van der Waals surface area contributed by atoms with Crippen LogP contribution in [-0.4, -0.2) is 66.8 Å². The quantitative estimate of drug-likeness (QED) is 0.179. The van der Waals surface area contributed by atoms with E-state index in [1.807, 2.05) is 0 Å². The number of rotatable bonds is 16. The molecule has 0 spiro atoms. The minimum atomic E-state index is -1.17. The fraction of sp³-hybridized carbons (Fsp3) is 0.842. The summed E-state index contributed by atoms with van der Waals surface area (Å²) in [6, 6.07) is -1.10. The summed E-state index contributed by atoms with van der Waals surface area (Å²) >= 11 is 0. The van der Waals surface area contributed by atoms with E-state index in [1.165, 1.54) is 51.4 Å². The van der Waals surface area contributed by atoms with E-state index in [2.05, 4.69) is 11.7 Å². The summed E-state index contributed by atoms with van der Waals surface area (Å²) in [5.74, 6) is -2.41. The van der Waals surface area contributed by atoms with Gasteiger partial charge in [-0.1, -0.05) is 71.1 Å². The van der Waals surface area contributed by atoms with Gasteiger partial charge in [0.05, 0.1) is 0 Å². The predicted octanol–water partition coefficient (Wildman–Crippen LogP) is 3.03. The van der Waals surface area contributed by atoms with Gasteiger partial charge in [0.25, 0.3) is 0 Å². The van der Waals surface area contributed by atoms with Crippen molar-refractivity contribution in [2.45, 2.75) is 103 Å². The zero-order valence-electron chi connectivity index (χ0n) is 15.6. The van der Waals surface area contributed by atoms with Gasteiger partial charge in [-0.25, -0.2) is 0 Å². The van der Waals surface area contributed by atoms with Crippen LogP contribution in [0.4, 0.5) is 0 Å². The van der Waals surface area contributed by atoms with E-state index in [0.717, 1.165) is 19.3 Å². The van der Waals surface area contributed by atoms with E-state index in [-0.39, 0.29) is 57.0 Å². The van der Waals surface area contributed by atoms with Gasteiger partial charge in [-0.2, -0.15) is 0 Å². The number of hydrogen-bond donors (Lipinski definition) is 2. The van der Waals surface area contributed by atoms with Crippen molar-refractivity contribution in [3.63, 3.8) is 0 Å². The van der Waals surface area contributed by atoms with Crippen LogP contribution in [0.3, 0.4) is 0 Å². The number of carbonyl (C=O) groups is 3. The molecule has 0 saturated carbocycles. The second kappa shape index (κ2) is 19.6. The van der Waals surface area contributed by atoms with Gasteiger partial charge >= 0.3 is 55.6 Å². The van der Waals surface area contributed by atoms with Crippen molar-refractivity contribution >= 4 is 55.6 Å². The third-order valence-corrected chi connectivity index (χ3v) is 4.19. The monoisotopic (exact) mass is 399 g/mol. The Labute approximate surface area is 187 Å². The number of hydrogen-bond acceptors (Lipinski definition) is 5. The molecule has 0 radical (unpaired) electrons. The molecule has 26 heavy (non-hydrogen) atoms. The molecular weight excluding hydrogens is 362 g/mol. The molecule has 0 aliphatic rings. The number of esters is 2. The molecule has 0 fully saturated rings. The van der Waals surface area contributed by atoms with Crippen LogP contribution in [0.15, 0.2) is 0 Å². The van der Waals surface area contributed by atoms with Crippen molar-refractivity contribution in [2.24, 2.45) is 5.73 Å². The molecule has 0 aromatic heterocycles. The summed E-state index contributed by atoms with van der Waals surface area (Å²) < 4.78 is 4.65. The van der Waals surface area contributed by atoms with Crippen LogP contribution in [0.5, 0.6) is 0 Å². The van der Waals surface area contributed by atoms with Gasteiger partial charge in [-0.3, -0.25) is 14.4 Å². The molecule has 0 rings (SSSR count). The molecule has 6 nitrogen and oxygen atoms in total. The molecular formula is C19H37CaNO5. The molecule has 0 aliphatic carbocycles. The molecule has 0 aromatic carbocycles. The van der Waals surface area contributed by atoms with Gasteiger partial charge in [0, 0.05) is 12.8 Å². The van der Waals surface area contributed by atoms with Gasteiger partial charge in [-0.05, 0) is 12.8 Å². The van der Waals surface area contributed by atoms with Gasteiger partial charge in [0.1, 0.15) is 6.04 Å². The number of aliphatic carboxylic acids is 1. The SMILES string of the molecule is CCCCCCCCCCCCCC(=O)OC(=O)CC[C@H](N)C(=O)O.[CaH2]. The van der Waals surface area contributed by atoms with Crippen LogP contribution in [0.1, 0.15) is 96.8 Å². The molecule has 0 aromatic rings. The second-order valence-electron chi connectivity index (χ2n) is 6.62. The van der Waals surface area contributed by atoms with Crippen LogP contribution in [0.2, 0.25) is 0 Å². The molecule has 0 heterocycles. The van der Waals surface area contributed by atoms with Gasteiger partial charge < -0.3 is 15.6 Å². The summed E-state index contributed by atoms with van der Waals surface area (Å²) in [7, 11) is 0. The number of carboxylic acid groups (broad SMARTS) is 1. The first-order chi connectivity index (χ1) is 12.0. The summed E-state index contributed by atoms with van der Waals surface area (Å²) in [6.07, 6.45) is 13.2. The fourth-order valence-corrected chi connectivity index (χ4v) is 2.56. The summed E-state index contributed by atoms with van der Waals surface area (Å²) in [4.78, 5) is 33.4. The maximum absolute atomic E-state index is 11.5. The topological polar surface area (TPSA) is 107 Å². The molecule has 0 unspecified atom stereocenters. The zero-order valence-corrected chi connectivity index (χ0v) is 15.6. The molecule has 7 heteroatoms. The van der Waals surface area contributed by atoms with Crippen LogP contribution in [0.25, 0.3) is 0 Å². The first-order valence-corrected chi connectivity index (χ1v) is 9.69. The third kappa shape index (κ3) is 18.6. The van der Waals surface area contributed by atoms with E-state index in [9.17, 15) is 14.4 Å². The summed E-state index contributed by atoms with van der Waals surface area (Å²) in [5.41, 5.74) is 5.28. The Kier molecular flexibility index (Phi) is 21.1. The molecule has 0 bridgehead atoms. The van der Waals surface area contributed by atoms with Crippen molar-refractivity contribution in [1.82, 2.24) is 0 Å². The molecule has 0 saturated heterocycles. The Morgan fingerprint density at radius 1 is 0.808 bits per heavy atom. The Hall–Kier alpha value is -0.170. The van der Waals surface area contributed by atoms with E-state index in [4.69, 9.17) is 10.8 Å². The summed E-state index contributed by atoms with van der Waals surface area (Å²) in [5, 5.41) is 8.60. The molecule has 150 valence electrons. The normalized spacial score (nSPS) is 11.5. The van der Waals surface area contributed by atoms with Crippen LogP contribution in [-0.2, 0) is 19.1 Å². The Bertz CT molecular complexity index is 390. The van der Waals surface area contributed by atoms with E-state index in [1.54, 1.807) is 0 Å². The Morgan fingerprint density at radius 2 is 1.23 bits per heavy atom. The average Bonchev–Trinajstić information content (AvgIpc) is 2.57. The van der Waals surface area contributed by atoms with Crippen molar-refractivity contribution in [2.75, 3.05) is 0 Å². The number of carboxylic acids is 1. The molecule has 0 amide bonds. The van der Waals surface area contributed by atoms with Crippen LogP contribution in [0, 0.1) is 0 Å². The van der Waals surface area contributed by atoms with Crippen molar-refractivity contribution in [3.05, 3.63) is 0 Å².